The second-order valence-electron chi connectivity index (χ2n) is 8.13. The summed E-state index contributed by atoms with van der Waals surface area (Å²) in [6.45, 7) is 3.40. The van der Waals surface area contributed by atoms with Crippen LogP contribution in [0.4, 0.5) is 4.39 Å². The van der Waals surface area contributed by atoms with Crippen LogP contribution in [0.1, 0.15) is 30.5 Å². The molecule has 8 heteroatoms. The first-order valence-electron chi connectivity index (χ1n) is 10.9. The van der Waals surface area contributed by atoms with Crippen LogP contribution in [0.25, 0.3) is 5.76 Å². The van der Waals surface area contributed by atoms with Gasteiger partial charge in [-0.1, -0.05) is 24.0 Å². The van der Waals surface area contributed by atoms with E-state index in [1.165, 1.54) is 29.0 Å². The Morgan fingerprint density at radius 1 is 1.12 bits per heavy atom. The van der Waals surface area contributed by atoms with E-state index in [-0.39, 0.29) is 11.1 Å². The number of ether oxygens (including phenoxy) is 2. The molecule has 1 heterocycles. The molecule has 0 bridgehead atoms. The third-order valence-electron chi connectivity index (χ3n) is 5.51. The number of ketones is 1. The van der Waals surface area contributed by atoms with E-state index >= 15 is 0 Å². The number of quaternary nitrogens is 1. The topological polar surface area (TPSA) is 83.3 Å². The normalized spacial score (nSPS) is 17.6. The van der Waals surface area contributed by atoms with Gasteiger partial charge in [-0.2, -0.15) is 0 Å². The summed E-state index contributed by atoms with van der Waals surface area (Å²) in [5.74, 6) is -1.68. The summed E-state index contributed by atoms with van der Waals surface area (Å²) in [5.41, 5.74) is 0.572. The van der Waals surface area contributed by atoms with E-state index < -0.39 is 29.3 Å². The fraction of sp³-hybridized carbons (Fsp3) is 0.360. The molecule has 0 aliphatic carbocycles. The van der Waals surface area contributed by atoms with Gasteiger partial charge >= 0.3 is 0 Å². The molecule has 3 rings (SSSR count). The summed E-state index contributed by atoms with van der Waals surface area (Å²) >= 11 is 0. The van der Waals surface area contributed by atoms with Crippen molar-refractivity contribution in [2.75, 3.05) is 40.9 Å². The van der Waals surface area contributed by atoms with Crippen LogP contribution in [0.2, 0.25) is 0 Å². The van der Waals surface area contributed by atoms with Crippen molar-refractivity contribution in [3.8, 4) is 11.5 Å². The quantitative estimate of drug-likeness (QED) is 0.346. The number of hydrogen-bond acceptors (Lipinski definition) is 5. The Bertz CT molecular complexity index is 1050. The van der Waals surface area contributed by atoms with Gasteiger partial charge in [0.2, 0.25) is 5.78 Å². The molecule has 176 valence electrons. The molecule has 0 saturated carbocycles. The molecular weight excluding hydrogens is 427 g/mol. The lowest BCUT2D eigenvalue weighted by Crippen LogP contribution is -3.05. The van der Waals surface area contributed by atoms with Crippen LogP contribution in [0.3, 0.4) is 0 Å². The molecule has 1 N–H and O–H groups in total. The molecule has 1 atom stereocenters. The number of halogens is 1. The van der Waals surface area contributed by atoms with E-state index in [4.69, 9.17) is 9.47 Å². The monoisotopic (exact) mass is 456 g/mol. The van der Waals surface area contributed by atoms with Gasteiger partial charge in [0.1, 0.15) is 5.82 Å². The maximum absolute atomic E-state index is 13.4. The fourth-order valence-electron chi connectivity index (χ4n) is 3.94. The standard InChI is InChI=1S/C25H29FN2O5/c1-5-33-19-12-9-17(15-20(19)32-4)22-21(23(29)16-7-10-18(26)11-8-16)24(30)25(31)28(22)14-6-13-27(2)3/h7-12,15,22,29H,5-6,13-14H2,1-4H3. The number of benzene rings is 2. The van der Waals surface area contributed by atoms with Gasteiger partial charge in [-0.3, -0.25) is 9.59 Å². The van der Waals surface area contributed by atoms with Crippen LogP contribution < -0.4 is 19.5 Å². The molecule has 1 saturated heterocycles. The lowest BCUT2D eigenvalue weighted by atomic mass is 9.95. The van der Waals surface area contributed by atoms with Gasteiger partial charge in [0.15, 0.2) is 11.5 Å². The molecular formula is C25H29FN2O5. The zero-order valence-electron chi connectivity index (χ0n) is 19.3. The van der Waals surface area contributed by atoms with E-state index in [1.807, 2.05) is 21.0 Å². The predicted molar refractivity (Wildman–Crippen MR) is 119 cm³/mol. The summed E-state index contributed by atoms with van der Waals surface area (Å²) in [6.07, 6.45) is 0.657. The van der Waals surface area contributed by atoms with Gasteiger partial charge in [0, 0.05) is 18.5 Å². The Hall–Kier alpha value is -3.39. The minimum absolute atomic E-state index is 0.143. The smallest absolute Gasteiger partial charge is 0.295 e. The second kappa shape index (κ2) is 10.5. The van der Waals surface area contributed by atoms with Crippen molar-refractivity contribution in [1.82, 2.24) is 4.90 Å². The summed E-state index contributed by atoms with van der Waals surface area (Å²) in [6, 6.07) is 9.18. The molecule has 0 spiro atoms. The van der Waals surface area contributed by atoms with Gasteiger partial charge in [-0.05, 0) is 42.3 Å². The molecule has 1 aliphatic heterocycles. The van der Waals surface area contributed by atoms with Crippen molar-refractivity contribution >= 4 is 17.4 Å². The maximum Gasteiger partial charge on any atom is 0.295 e. The number of hydrogen-bond donors (Lipinski definition) is 1. The molecule has 1 amide bonds. The number of carbonyl (C=O) groups excluding carboxylic acids is 2. The van der Waals surface area contributed by atoms with E-state index in [2.05, 4.69) is 0 Å². The number of rotatable bonds is 9. The average Bonchev–Trinajstić information content (AvgIpc) is 3.04. The van der Waals surface area contributed by atoms with Gasteiger partial charge in [-0.25, -0.2) is 4.39 Å². The zero-order chi connectivity index (χ0) is 24.1. The van der Waals surface area contributed by atoms with Gasteiger partial charge in [0.25, 0.3) is 5.91 Å². The SMILES string of the molecule is CCOc1ccc(C2C(=C([O-])c3ccc(F)cc3)C(=O)C(=O)N2CCC[NH+](C)C)cc1OC. The lowest BCUT2D eigenvalue weighted by Gasteiger charge is -2.28. The van der Waals surface area contributed by atoms with E-state index in [0.29, 0.717) is 36.6 Å². The van der Waals surface area contributed by atoms with Crippen molar-refractivity contribution < 1.29 is 33.5 Å². The summed E-state index contributed by atoms with van der Waals surface area (Å²) in [5, 5.41) is 13.3. The highest BCUT2D eigenvalue weighted by Crippen LogP contribution is 2.41. The zero-order valence-corrected chi connectivity index (χ0v) is 19.3. The third-order valence-corrected chi connectivity index (χ3v) is 5.51. The summed E-state index contributed by atoms with van der Waals surface area (Å²) < 4.78 is 24.4. The minimum Gasteiger partial charge on any atom is -0.872 e. The molecule has 1 fully saturated rings. The first-order valence-corrected chi connectivity index (χ1v) is 10.9. The molecule has 2 aromatic carbocycles. The molecule has 2 aromatic rings. The second-order valence-corrected chi connectivity index (χ2v) is 8.13. The molecule has 1 aliphatic rings. The maximum atomic E-state index is 13.4. The third kappa shape index (κ3) is 5.17. The van der Waals surface area contributed by atoms with Crippen molar-refractivity contribution in [1.29, 1.82) is 0 Å². The van der Waals surface area contributed by atoms with Crippen molar-refractivity contribution in [2.24, 2.45) is 0 Å². The Morgan fingerprint density at radius 2 is 1.82 bits per heavy atom. The number of nitrogens with one attached hydrogen (secondary N) is 1. The Kier molecular flexibility index (Phi) is 7.71. The Morgan fingerprint density at radius 3 is 2.42 bits per heavy atom. The molecule has 7 nitrogen and oxygen atoms in total. The van der Waals surface area contributed by atoms with Crippen LogP contribution in [0.15, 0.2) is 48.0 Å². The van der Waals surface area contributed by atoms with Crippen molar-refractivity contribution in [3.63, 3.8) is 0 Å². The molecule has 1 unspecified atom stereocenters. The average molecular weight is 457 g/mol. The number of likely N-dealkylation sites (tertiary alicyclic amines) is 1. The van der Waals surface area contributed by atoms with Crippen LogP contribution in [-0.4, -0.2) is 57.5 Å². The first-order chi connectivity index (χ1) is 15.8. The van der Waals surface area contributed by atoms with Crippen LogP contribution in [0, 0.1) is 5.82 Å². The number of amides is 1. The number of Topliss-reactive ketones (excluding diaryl/α,β-unsaturated/α-hetero) is 1. The minimum atomic E-state index is -0.871. The summed E-state index contributed by atoms with van der Waals surface area (Å²) in [7, 11) is 5.50. The van der Waals surface area contributed by atoms with Gasteiger partial charge < -0.3 is 24.4 Å². The van der Waals surface area contributed by atoms with E-state index in [1.54, 1.807) is 18.2 Å². The Labute approximate surface area is 193 Å². The van der Waals surface area contributed by atoms with Crippen molar-refractivity contribution in [3.05, 3.63) is 65.0 Å². The lowest BCUT2D eigenvalue weighted by molar-refractivity contribution is -0.858. The number of carbonyl (C=O) groups is 2. The van der Waals surface area contributed by atoms with Crippen LogP contribution >= 0.6 is 0 Å². The van der Waals surface area contributed by atoms with Gasteiger partial charge in [0.05, 0.1) is 40.4 Å². The highest BCUT2D eigenvalue weighted by molar-refractivity contribution is 6.46. The molecule has 33 heavy (non-hydrogen) atoms. The predicted octanol–water partition coefficient (Wildman–Crippen LogP) is 0.992. The fourth-order valence-corrected chi connectivity index (χ4v) is 3.94. The summed E-state index contributed by atoms with van der Waals surface area (Å²) in [4.78, 5) is 28.6. The van der Waals surface area contributed by atoms with E-state index in [9.17, 15) is 19.1 Å². The number of nitrogens with zero attached hydrogens (tertiary/aromatic N) is 1. The largest absolute Gasteiger partial charge is 0.872 e. The molecule has 0 radical (unpaired) electrons. The highest BCUT2D eigenvalue weighted by Gasteiger charge is 2.44. The first kappa shape index (κ1) is 24.3. The van der Waals surface area contributed by atoms with Crippen LogP contribution in [-0.2, 0) is 9.59 Å². The van der Waals surface area contributed by atoms with Gasteiger partial charge in [-0.15, -0.1) is 0 Å². The highest BCUT2D eigenvalue weighted by atomic mass is 19.1. The van der Waals surface area contributed by atoms with E-state index in [0.717, 1.165) is 18.7 Å². The Balaban J connectivity index is 2.12. The van der Waals surface area contributed by atoms with Crippen molar-refractivity contribution in [2.45, 2.75) is 19.4 Å². The molecule has 0 aromatic heterocycles. The van der Waals surface area contributed by atoms with Crippen LogP contribution in [0.5, 0.6) is 11.5 Å². The number of methoxy groups -OCH3 is 1.